The fraction of sp³-hybridized carbons (Fsp3) is 0.455. The Hall–Kier alpha value is -0.570. The van der Waals surface area contributed by atoms with Crippen molar-refractivity contribution in [3.05, 3.63) is 35.9 Å². The molecule has 1 aliphatic rings. The van der Waals surface area contributed by atoms with Crippen LogP contribution < -0.4 is 11.3 Å². The lowest BCUT2D eigenvalue weighted by Gasteiger charge is -2.18. The van der Waals surface area contributed by atoms with Gasteiger partial charge in [-0.25, -0.2) is 0 Å². The molecule has 1 fully saturated rings. The van der Waals surface area contributed by atoms with Gasteiger partial charge in [-0.05, 0) is 18.4 Å². The monoisotopic (exact) mass is 212 g/mol. The zero-order chi connectivity index (χ0) is 9.10. The van der Waals surface area contributed by atoms with Gasteiger partial charge in [0.05, 0.1) is 0 Å². The molecule has 1 aromatic rings. The van der Waals surface area contributed by atoms with Crippen LogP contribution in [0.2, 0.25) is 0 Å². The SMILES string of the molecule is Cl.NNC1CCCC1c1ccccc1. The third-order valence-corrected chi connectivity index (χ3v) is 2.96. The molecule has 2 rings (SSSR count). The summed E-state index contributed by atoms with van der Waals surface area (Å²) < 4.78 is 0. The lowest BCUT2D eigenvalue weighted by atomic mass is 9.95. The number of hydrogen-bond donors (Lipinski definition) is 2. The van der Waals surface area contributed by atoms with Crippen molar-refractivity contribution in [3.8, 4) is 0 Å². The lowest BCUT2D eigenvalue weighted by molar-refractivity contribution is 0.493. The van der Waals surface area contributed by atoms with E-state index in [1.807, 2.05) is 0 Å². The van der Waals surface area contributed by atoms with Crippen LogP contribution in [-0.4, -0.2) is 6.04 Å². The van der Waals surface area contributed by atoms with Crippen LogP contribution in [0.1, 0.15) is 30.7 Å². The van der Waals surface area contributed by atoms with Gasteiger partial charge < -0.3 is 0 Å². The van der Waals surface area contributed by atoms with E-state index >= 15 is 0 Å². The Kier molecular flexibility index (Phi) is 4.39. The van der Waals surface area contributed by atoms with E-state index in [9.17, 15) is 0 Å². The van der Waals surface area contributed by atoms with Crippen molar-refractivity contribution in [2.75, 3.05) is 0 Å². The van der Waals surface area contributed by atoms with E-state index in [-0.39, 0.29) is 12.4 Å². The smallest absolute Gasteiger partial charge is 0.0279 e. The van der Waals surface area contributed by atoms with Crippen LogP contribution in [0.25, 0.3) is 0 Å². The standard InChI is InChI=1S/C11H16N2.ClH/c12-13-11-8-4-7-10(11)9-5-2-1-3-6-9;/h1-3,5-6,10-11,13H,4,7-8,12H2;1H. The molecule has 2 unspecified atom stereocenters. The van der Waals surface area contributed by atoms with Crippen LogP contribution in [0.15, 0.2) is 30.3 Å². The summed E-state index contributed by atoms with van der Waals surface area (Å²) in [5, 5.41) is 0. The molecule has 3 heteroatoms. The number of benzene rings is 1. The number of hydrazine groups is 1. The molecule has 1 aliphatic carbocycles. The van der Waals surface area contributed by atoms with E-state index in [0.717, 1.165) is 0 Å². The third-order valence-electron chi connectivity index (χ3n) is 2.96. The summed E-state index contributed by atoms with van der Waals surface area (Å²) in [6.45, 7) is 0. The maximum absolute atomic E-state index is 5.51. The highest BCUT2D eigenvalue weighted by Gasteiger charge is 2.26. The van der Waals surface area contributed by atoms with Gasteiger partial charge in [-0.3, -0.25) is 11.3 Å². The predicted molar refractivity (Wildman–Crippen MR) is 61.4 cm³/mol. The molecule has 0 aliphatic heterocycles. The van der Waals surface area contributed by atoms with Crippen molar-refractivity contribution >= 4 is 12.4 Å². The normalized spacial score (nSPS) is 25.8. The fourth-order valence-electron chi connectivity index (χ4n) is 2.26. The quantitative estimate of drug-likeness (QED) is 0.583. The second-order valence-electron chi connectivity index (χ2n) is 3.72. The van der Waals surface area contributed by atoms with Gasteiger partial charge in [-0.15, -0.1) is 12.4 Å². The summed E-state index contributed by atoms with van der Waals surface area (Å²) in [7, 11) is 0. The molecule has 0 heterocycles. The molecule has 0 radical (unpaired) electrons. The predicted octanol–water partition coefficient (Wildman–Crippen LogP) is 2.21. The van der Waals surface area contributed by atoms with E-state index < -0.39 is 0 Å². The summed E-state index contributed by atoms with van der Waals surface area (Å²) in [5.41, 5.74) is 4.33. The second kappa shape index (κ2) is 5.35. The molecule has 0 saturated heterocycles. The van der Waals surface area contributed by atoms with E-state index in [1.165, 1.54) is 24.8 Å². The summed E-state index contributed by atoms with van der Waals surface area (Å²) in [5.74, 6) is 6.13. The second-order valence-corrected chi connectivity index (χ2v) is 3.72. The molecule has 2 atom stereocenters. The summed E-state index contributed by atoms with van der Waals surface area (Å²) in [4.78, 5) is 0. The van der Waals surface area contributed by atoms with Gasteiger partial charge in [0.15, 0.2) is 0 Å². The van der Waals surface area contributed by atoms with Crippen LogP contribution in [0.4, 0.5) is 0 Å². The van der Waals surface area contributed by atoms with Crippen molar-refractivity contribution in [3.63, 3.8) is 0 Å². The zero-order valence-corrected chi connectivity index (χ0v) is 8.96. The summed E-state index contributed by atoms with van der Waals surface area (Å²) in [6.07, 6.45) is 3.75. The van der Waals surface area contributed by atoms with Crippen LogP contribution in [0, 0.1) is 0 Å². The zero-order valence-electron chi connectivity index (χ0n) is 8.15. The van der Waals surface area contributed by atoms with E-state index in [4.69, 9.17) is 5.84 Å². The highest BCUT2D eigenvalue weighted by Crippen LogP contribution is 2.33. The van der Waals surface area contributed by atoms with Crippen molar-refractivity contribution in [2.45, 2.75) is 31.2 Å². The average Bonchev–Trinajstić information content (AvgIpc) is 2.67. The van der Waals surface area contributed by atoms with Gasteiger partial charge in [-0.1, -0.05) is 36.8 Å². The Morgan fingerprint density at radius 2 is 1.86 bits per heavy atom. The maximum Gasteiger partial charge on any atom is 0.0279 e. The van der Waals surface area contributed by atoms with Gasteiger partial charge >= 0.3 is 0 Å². The van der Waals surface area contributed by atoms with Crippen molar-refractivity contribution < 1.29 is 0 Å². The topological polar surface area (TPSA) is 38.0 Å². The molecule has 3 N–H and O–H groups in total. The minimum Gasteiger partial charge on any atom is -0.271 e. The fourth-order valence-corrected chi connectivity index (χ4v) is 2.26. The molecular formula is C11H17ClN2. The highest BCUT2D eigenvalue weighted by molar-refractivity contribution is 5.85. The minimum atomic E-state index is 0. The Morgan fingerprint density at radius 1 is 1.14 bits per heavy atom. The van der Waals surface area contributed by atoms with Gasteiger partial charge in [-0.2, -0.15) is 0 Å². The molecule has 1 saturated carbocycles. The average molecular weight is 213 g/mol. The van der Waals surface area contributed by atoms with Crippen LogP contribution >= 0.6 is 12.4 Å². The number of nitrogens with two attached hydrogens (primary N) is 1. The van der Waals surface area contributed by atoms with Gasteiger partial charge in [0.1, 0.15) is 0 Å². The van der Waals surface area contributed by atoms with Crippen molar-refractivity contribution in [1.29, 1.82) is 0 Å². The molecule has 14 heavy (non-hydrogen) atoms. The number of rotatable bonds is 2. The van der Waals surface area contributed by atoms with Gasteiger partial charge in [0.25, 0.3) is 0 Å². The van der Waals surface area contributed by atoms with Crippen LogP contribution in [-0.2, 0) is 0 Å². The summed E-state index contributed by atoms with van der Waals surface area (Å²) in [6, 6.07) is 11.1. The Balaban J connectivity index is 0.000000980. The number of nitrogens with one attached hydrogen (secondary N) is 1. The van der Waals surface area contributed by atoms with E-state index in [0.29, 0.717) is 12.0 Å². The minimum absolute atomic E-state index is 0. The third kappa shape index (κ3) is 2.27. The number of halogens is 1. The highest BCUT2D eigenvalue weighted by atomic mass is 35.5. The molecule has 0 aromatic heterocycles. The first-order chi connectivity index (χ1) is 6.42. The molecule has 78 valence electrons. The molecule has 1 aromatic carbocycles. The van der Waals surface area contributed by atoms with Gasteiger partial charge in [0.2, 0.25) is 0 Å². The Bertz CT molecular complexity index is 263. The van der Waals surface area contributed by atoms with Crippen molar-refractivity contribution in [1.82, 2.24) is 5.43 Å². The first-order valence-electron chi connectivity index (χ1n) is 4.93. The van der Waals surface area contributed by atoms with Crippen LogP contribution in [0.3, 0.4) is 0 Å². The Labute approximate surface area is 91.3 Å². The van der Waals surface area contributed by atoms with Crippen LogP contribution in [0.5, 0.6) is 0 Å². The van der Waals surface area contributed by atoms with E-state index in [1.54, 1.807) is 0 Å². The molecule has 2 nitrogen and oxygen atoms in total. The maximum atomic E-state index is 5.51. The molecule has 0 bridgehead atoms. The first-order valence-corrected chi connectivity index (χ1v) is 4.93. The van der Waals surface area contributed by atoms with E-state index in [2.05, 4.69) is 35.8 Å². The van der Waals surface area contributed by atoms with Gasteiger partial charge in [0, 0.05) is 12.0 Å². The molecule has 0 amide bonds. The largest absolute Gasteiger partial charge is 0.271 e. The molecule has 0 spiro atoms. The Morgan fingerprint density at radius 3 is 2.50 bits per heavy atom. The lowest BCUT2D eigenvalue weighted by Crippen LogP contribution is -2.36. The van der Waals surface area contributed by atoms with Crippen molar-refractivity contribution in [2.24, 2.45) is 5.84 Å². The summed E-state index contributed by atoms with van der Waals surface area (Å²) >= 11 is 0. The first kappa shape index (κ1) is 11.5. The number of hydrogen-bond acceptors (Lipinski definition) is 2. The molecular weight excluding hydrogens is 196 g/mol.